The van der Waals surface area contributed by atoms with Gasteiger partial charge in [-0.25, -0.2) is 0 Å². The Labute approximate surface area is 158 Å². The van der Waals surface area contributed by atoms with E-state index >= 15 is 0 Å². The van der Waals surface area contributed by atoms with Gasteiger partial charge in [0.2, 0.25) is 0 Å². The molecule has 0 fully saturated rings. The Hall–Kier alpha value is -3.24. The molecule has 4 nitrogen and oxygen atoms in total. The summed E-state index contributed by atoms with van der Waals surface area (Å²) in [7, 11) is 0. The molecule has 8 heteroatoms. The van der Waals surface area contributed by atoms with Crippen molar-refractivity contribution in [1.82, 2.24) is 4.98 Å². The molecule has 27 heavy (non-hydrogen) atoms. The molecule has 0 radical (unpaired) electrons. The van der Waals surface area contributed by atoms with Crippen LogP contribution in [0.3, 0.4) is 0 Å². The molecule has 1 amide bonds. The van der Waals surface area contributed by atoms with Crippen LogP contribution in [0.25, 0.3) is 22.4 Å². The minimum atomic E-state index is -4.40. The second kappa shape index (κ2) is 7.56. The molecule has 0 saturated heterocycles. The molecule has 0 aliphatic carbocycles. The monoisotopic (exact) mass is 391 g/mol. The number of nitrogens with one attached hydrogen (secondary N) is 1. The van der Waals surface area contributed by atoms with Gasteiger partial charge in [-0.3, -0.25) is 4.79 Å². The Morgan fingerprint density at radius 1 is 1.00 bits per heavy atom. The summed E-state index contributed by atoms with van der Waals surface area (Å²) in [4.78, 5) is 14.0. The zero-order chi connectivity index (χ0) is 18.9. The third-order valence-corrected chi connectivity index (χ3v) is 3.93. The number of primary amides is 1. The number of hydrogen-bond donors (Lipinski definition) is 2. The number of aromatic nitrogens is 1. The highest BCUT2D eigenvalue weighted by Crippen LogP contribution is 2.32. The summed E-state index contributed by atoms with van der Waals surface area (Å²) < 4.78 is 38.0. The van der Waals surface area contributed by atoms with Gasteiger partial charge in [-0.15, -0.1) is 12.4 Å². The van der Waals surface area contributed by atoms with Crippen LogP contribution in [-0.4, -0.2) is 10.9 Å². The molecule has 0 atom stereocenters. The molecule has 0 unspecified atom stereocenters. The van der Waals surface area contributed by atoms with Crippen molar-refractivity contribution in [2.45, 2.75) is 6.18 Å². The van der Waals surface area contributed by atoms with Crippen LogP contribution >= 0.6 is 12.4 Å². The molecule has 1 aromatic heterocycles. The molecule has 2 aromatic carbocycles. The predicted molar refractivity (Wildman–Crippen MR) is 97.1 cm³/mol. The first-order chi connectivity index (χ1) is 12.3. The molecular weight excluding hydrogens is 379 g/mol. The van der Waals surface area contributed by atoms with Crippen molar-refractivity contribution in [1.29, 1.82) is 5.26 Å². The van der Waals surface area contributed by atoms with Gasteiger partial charge in [0, 0.05) is 11.3 Å². The number of carbonyl (C=O) groups excluding carboxylic acids is 1. The molecule has 3 aromatic rings. The Morgan fingerprint density at radius 3 is 2.15 bits per heavy atom. The summed E-state index contributed by atoms with van der Waals surface area (Å²) >= 11 is 0. The lowest BCUT2D eigenvalue weighted by atomic mass is 9.97. The highest BCUT2D eigenvalue weighted by Gasteiger charge is 2.30. The Balaban J connectivity index is 0.00000261. The lowest BCUT2D eigenvalue weighted by Crippen LogP contribution is -2.11. The number of nitrogens with two attached hydrogens (primary N) is 1. The maximum atomic E-state index is 12.7. The molecule has 0 aliphatic rings. The van der Waals surface area contributed by atoms with Crippen LogP contribution in [0.2, 0.25) is 0 Å². The van der Waals surface area contributed by atoms with E-state index in [0.717, 1.165) is 12.1 Å². The van der Waals surface area contributed by atoms with Gasteiger partial charge in [-0.1, -0.05) is 24.3 Å². The number of halogens is 4. The smallest absolute Gasteiger partial charge is 0.364 e. The molecular formula is C19H13ClF3N3O. The van der Waals surface area contributed by atoms with E-state index in [9.17, 15) is 23.2 Å². The Morgan fingerprint density at radius 2 is 1.63 bits per heavy atom. The average molecular weight is 392 g/mol. The van der Waals surface area contributed by atoms with Gasteiger partial charge in [0.15, 0.2) is 0 Å². The normalized spacial score (nSPS) is 10.7. The lowest BCUT2D eigenvalue weighted by molar-refractivity contribution is -0.137. The summed E-state index contributed by atoms with van der Waals surface area (Å²) in [6.07, 6.45) is -4.40. The molecule has 138 valence electrons. The van der Waals surface area contributed by atoms with Crippen LogP contribution in [0.15, 0.2) is 54.6 Å². The van der Waals surface area contributed by atoms with Crippen molar-refractivity contribution in [3.63, 3.8) is 0 Å². The number of H-pyrrole nitrogens is 1. The van der Waals surface area contributed by atoms with Crippen LogP contribution in [0.5, 0.6) is 0 Å². The topological polar surface area (TPSA) is 82.7 Å². The van der Waals surface area contributed by atoms with Gasteiger partial charge in [0.1, 0.15) is 5.69 Å². The fraction of sp³-hybridized carbons (Fsp3) is 0.0526. The van der Waals surface area contributed by atoms with E-state index in [-0.39, 0.29) is 18.1 Å². The van der Waals surface area contributed by atoms with Gasteiger partial charge < -0.3 is 10.7 Å². The molecule has 1 heterocycles. The highest BCUT2D eigenvalue weighted by molar-refractivity contribution is 5.92. The predicted octanol–water partition coefficient (Wildman–Crippen LogP) is 4.76. The molecule has 0 spiro atoms. The molecule has 3 rings (SSSR count). The second-order valence-electron chi connectivity index (χ2n) is 5.60. The number of rotatable bonds is 3. The number of alkyl halides is 3. The highest BCUT2D eigenvalue weighted by atomic mass is 35.5. The molecule has 0 aliphatic heterocycles. The summed E-state index contributed by atoms with van der Waals surface area (Å²) in [5.41, 5.74) is 7.30. The standard InChI is InChI=1S/C19H12F3N3O.ClH/c20-19(21,22)14-4-1-11(2-5-14)12-3-6-15(13(9-12)10-23)16-7-8-17(25-16)18(24)26;/h1-9,25H,(H2,24,26);1H. The number of benzene rings is 2. The zero-order valence-corrected chi connectivity index (χ0v) is 14.5. The van der Waals surface area contributed by atoms with Crippen LogP contribution in [0, 0.1) is 11.3 Å². The average Bonchev–Trinajstić information content (AvgIpc) is 3.11. The quantitative estimate of drug-likeness (QED) is 0.674. The van der Waals surface area contributed by atoms with Crippen molar-refractivity contribution >= 4 is 18.3 Å². The Kier molecular flexibility index (Phi) is 5.62. The van der Waals surface area contributed by atoms with E-state index in [0.29, 0.717) is 27.9 Å². The molecule has 0 saturated carbocycles. The number of nitrogens with zero attached hydrogens (tertiary/aromatic N) is 1. The first-order valence-electron chi connectivity index (χ1n) is 7.50. The first kappa shape index (κ1) is 20.1. The maximum Gasteiger partial charge on any atom is 0.416 e. The van der Waals surface area contributed by atoms with Crippen LogP contribution < -0.4 is 5.73 Å². The van der Waals surface area contributed by atoms with Crippen molar-refractivity contribution in [3.8, 4) is 28.5 Å². The van der Waals surface area contributed by atoms with Crippen LogP contribution in [0.4, 0.5) is 13.2 Å². The lowest BCUT2D eigenvalue weighted by Gasteiger charge is -2.09. The number of nitriles is 1. The van der Waals surface area contributed by atoms with E-state index in [2.05, 4.69) is 11.1 Å². The second-order valence-corrected chi connectivity index (χ2v) is 5.60. The summed E-state index contributed by atoms with van der Waals surface area (Å²) in [6.45, 7) is 0. The van der Waals surface area contributed by atoms with Crippen LogP contribution in [0.1, 0.15) is 21.6 Å². The fourth-order valence-electron chi connectivity index (χ4n) is 2.60. The van der Waals surface area contributed by atoms with E-state index in [1.165, 1.54) is 18.2 Å². The largest absolute Gasteiger partial charge is 0.416 e. The third-order valence-electron chi connectivity index (χ3n) is 3.93. The number of amides is 1. The summed E-state index contributed by atoms with van der Waals surface area (Å²) in [6, 6.07) is 14.9. The number of hydrogen-bond acceptors (Lipinski definition) is 2. The molecule has 0 bridgehead atoms. The maximum absolute atomic E-state index is 12.7. The van der Waals surface area contributed by atoms with E-state index < -0.39 is 17.6 Å². The zero-order valence-electron chi connectivity index (χ0n) is 13.7. The minimum Gasteiger partial charge on any atom is -0.364 e. The van der Waals surface area contributed by atoms with Crippen LogP contribution in [-0.2, 0) is 6.18 Å². The van der Waals surface area contributed by atoms with E-state index in [1.807, 2.05) is 0 Å². The van der Waals surface area contributed by atoms with E-state index in [1.54, 1.807) is 24.3 Å². The van der Waals surface area contributed by atoms with Crippen molar-refractivity contribution < 1.29 is 18.0 Å². The van der Waals surface area contributed by atoms with Crippen molar-refractivity contribution in [2.24, 2.45) is 5.73 Å². The fourth-order valence-corrected chi connectivity index (χ4v) is 2.60. The van der Waals surface area contributed by atoms with Gasteiger partial charge in [0.05, 0.1) is 17.2 Å². The van der Waals surface area contributed by atoms with Gasteiger partial charge in [0.25, 0.3) is 5.91 Å². The van der Waals surface area contributed by atoms with Crippen molar-refractivity contribution in [3.05, 3.63) is 71.4 Å². The van der Waals surface area contributed by atoms with Gasteiger partial charge >= 0.3 is 6.18 Å². The number of aromatic amines is 1. The van der Waals surface area contributed by atoms with Crippen molar-refractivity contribution in [2.75, 3.05) is 0 Å². The molecule has 3 N–H and O–H groups in total. The summed E-state index contributed by atoms with van der Waals surface area (Å²) in [5, 5.41) is 9.41. The summed E-state index contributed by atoms with van der Waals surface area (Å²) in [5.74, 6) is -0.615. The first-order valence-corrected chi connectivity index (χ1v) is 7.50. The SMILES string of the molecule is Cl.N#Cc1cc(-c2ccc(C(F)(F)F)cc2)ccc1-c1ccc(C(N)=O)[nH]1. The number of carbonyl (C=O) groups is 1. The minimum absolute atomic E-state index is 0. The van der Waals surface area contributed by atoms with E-state index in [4.69, 9.17) is 5.73 Å². The Bertz CT molecular complexity index is 1020. The van der Waals surface area contributed by atoms with Gasteiger partial charge in [-0.05, 0) is 41.5 Å². The third kappa shape index (κ3) is 4.13. The van der Waals surface area contributed by atoms with Gasteiger partial charge in [-0.2, -0.15) is 18.4 Å².